The first-order valence-corrected chi connectivity index (χ1v) is 11.1. The number of aromatic nitrogens is 5. The molecule has 0 fully saturated rings. The van der Waals surface area contributed by atoms with E-state index in [1.165, 1.54) is 30.8 Å². The third kappa shape index (κ3) is 4.49. The van der Waals surface area contributed by atoms with E-state index >= 15 is 0 Å². The van der Waals surface area contributed by atoms with E-state index in [0.717, 1.165) is 18.3 Å². The molecule has 3 aromatic rings. The van der Waals surface area contributed by atoms with Gasteiger partial charge in [0.1, 0.15) is 17.1 Å². The van der Waals surface area contributed by atoms with Crippen molar-refractivity contribution in [3.63, 3.8) is 0 Å². The fourth-order valence-electron chi connectivity index (χ4n) is 2.90. The molecule has 0 bridgehead atoms. The number of nitrogens with zero attached hydrogens (tertiary/aromatic N) is 5. The van der Waals surface area contributed by atoms with Crippen LogP contribution in [0, 0.1) is 0 Å². The predicted octanol–water partition coefficient (Wildman–Crippen LogP) is 3.76. The Labute approximate surface area is 182 Å². The van der Waals surface area contributed by atoms with Crippen LogP contribution in [-0.2, 0) is 27.8 Å². The van der Waals surface area contributed by atoms with Crippen molar-refractivity contribution in [2.45, 2.75) is 24.9 Å². The Morgan fingerprint density at radius 2 is 1.84 bits per heavy atom. The molecule has 0 saturated heterocycles. The molecule has 0 aliphatic rings. The van der Waals surface area contributed by atoms with Crippen LogP contribution in [0.5, 0.6) is 0 Å². The molecule has 0 aliphatic heterocycles. The maximum absolute atomic E-state index is 13.1. The number of hydrogen-bond acceptors (Lipinski definition) is 7. The van der Waals surface area contributed by atoms with Gasteiger partial charge < -0.3 is 9.30 Å². The summed E-state index contributed by atoms with van der Waals surface area (Å²) in [5.74, 6) is 0.132. The highest BCUT2D eigenvalue weighted by Gasteiger charge is 2.31. The van der Waals surface area contributed by atoms with E-state index in [1.54, 1.807) is 6.92 Å². The second-order valence-electron chi connectivity index (χ2n) is 6.66. The van der Waals surface area contributed by atoms with E-state index < -0.39 is 21.6 Å². The van der Waals surface area contributed by atoms with E-state index in [9.17, 15) is 21.6 Å². The van der Waals surface area contributed by atoms with Crippen molar-refractivity contribution in [2.24, 2.45) is 7.05 Å². The van der Waals surface area contributed by atoms with Crippen molar-refractivity contribution in [3.05, 3.63) is 48.3 Å². The first-order chi connectivity index (χ1) is 15.0. The van der Waals surface area contributed by atoms with Crippen molar-refractivity contribution < 1.29 is 26.3 Å². The van der Waals surface area contributed by atoms with Gasteiger partial charge >= 0.3 is 6.18 Å². The molecule has 0 radical (unpaired) electrons. The lowest BCUT2D eigenvalue weighted by Crippen LogP contribution is -2.10. The Morgan fingerprint density at radius 3 is 2.47 bits per heavy atom. The van der Waals surface area contributed by atoms with Crippen molar-refractivity contribution in [2.75, 3.05) is 12.4 Å². The summed E-state index contributed by atoms with van der Waals surface area (Å²) in [5, 5.41) is 7.91. The van der Waals surface area contributed by atoms with Gasteiger partial charge in [-0.1, -0.05) is 13.5 Å². The van der Waals surface area contributed by atoms with Gasteiger partial charge in [0.25, 0.3) is 0 Å². The topological polar surface area (TPSA) is 99.9 Å². The van der Waals surface area contributed by atoms with Gasteiger partial charge in [-0.2, -0.15) is 13.2 Å². The Balaban J connectivity index is 2.16. The number of rotatable bonds is 7. The smallest absolute Gasteiger partial charge is 0.416 e. The van der Waals surface area contributed by atoms with Crippen LogP contribution in [0.25, 0.3) is 28.8 Å². The number of sulfone groups is 1. The highest BCUT2D eigenvalue weighted by molar-refractivity contribution is 7.91. The summed E-state index contributed by atoms with van der Waals surface area (Å²) in [6.07, 6.45) is -2.15. The van der Waals surface area contributed by atoms with E-state index in [1.807, 2.05) is 0 Å². The zero-order valence-electron chi connectivity index (χ0n) is 17.5. The molecule has 0 spiro atoms. The molecule has 0 saturated carbocycles. The highest BCUT2D eigenvalue weighted by Crippen LogP contribution is 2.32. The predicted molar refractivity (Wildman–Crippen MR) is 111 cm³/mol. The van der Waals surface area contributed by atoms with Gasteiger partial charge in [-0.3, -0.25) is 9.97 Å². The molecular formula is C20H20F3N5O3S. The maximum Gasteiger partial charge on any atom is 0.416 e. The molecule has 3 aromatic heterocycles. The summed E-state index contributed by atoms with van der Waals surface area (Å²) < 4.78 is 71.4. The fourth-order valence-corrected chi connectivity index (χ4v) is 3.96. The summed E-state index contributed by atoms with van der Waals surface area (Å²) in [6.45, 7) is 7.35. The summed E-state index contributed by atoms with van der Waals surface area (Å²) in [6, 6.07) is 3.08. The van der Waals surface area contributed by atoms with Gasteiger partial charge in [-0.15, -0.1) is 10.2 Å². The zero-order chi connectivity index (χ0) is 23.7. The lowest BCUT2D eigenvalue weighted by atomic mass is 10.2. The standard InChI is InChI=1S/C20H20F3N5O3S/c1-5-31-12(3)13-9-16(32(29,30)6-2)17(25-11-13)19-27-26-18(28(19)4)15-10-14(7-8-24-15)20(21,22)23/h7-11H,3,5-6H2,1-2,4H3. The van der Waals surface area contributed by atoms with Crippen molar-refractivity contribution in [1.29, 1.82) is 0 Å². The number of ether oxygens (including phenoxy) is 1. The number of alkyl halides is 3. The zero-order valence-corrected chi connectivity index (χ0v) is 18.3. The molecule has 0 N–H and O–H groups in total. The first kappa shape index (κ1) is 23.4. The minimum Gasteiger partial charge on any atom is -0.494 e. The number of halogens is 3. The van der Waals surface area contributed by atoms with Gasteiger partial charge in [0.2, 0.25) is 0 Å². The van der Waals surface area contributed by atoms with E-state index in [-0.39, 0.29) is 39.4 Å². The second-order valence-corrected chi connectivity index (χ2v) is 8.91. The lowest BCUT2D eigenvalue weighted by molar-refractivity contribution is -0.137. The molecule has 12 heteroatoms. The Bertz CT molecular complexity index is 1270. The van der Waals surface area contributed by atoms with Crippen LogP contribution < -0.4 is 0 Å². The maximum atomic E-state index is 13.1. The van der Waals surface area contributed by atoms with Crippen molar-refractivity contribution in [1.82, 2.24) is 24.7 Å². The van der Waals surface area contributed by atoms with Crippen LogP contribution in [0.4, 0.5) is 13.2 Å². The SMILES string of the molecule is C=C(OCC)c1cnc(-c2nnc(-c3cc(C(F)(F)F)ccn3)n2C)c(S(=O)(=O)CC)c1. The van der Waals surface area contributed by atoms with E-state index in [0.29, 0.717) is 12.2 Å². The molecule has 0 aliphatic carbocycles. The molecule has 0 atom stereocenters. The van der Waals surface area contributed by atoms with Gasteiger partial charge in [-0.25, -0.2) is 8.42 Å². The van der Waals surface area contributed by atoms with Crippen LogP contribution in [0.3, 0.4) is 0 Å². The summed E-state index contributed by atoms with van der Waals surface area (Å²) in [5.41, 5.74) is -0.571. The summed E-state index contributed by atoms with van der Waals surface area (Å²) in [7, 11) is -2.26. The van der Waals surface area contributed by atoms with Crippen molar-refractivity contribution >= 4 is 15.6 Å². The van der Waals surface area contributed by atoms with Gasteiger partial charge in [0, 0.05) is 25.0 Å². The normalized spacial score (nSPS) is 12.1. The average molecular weight is 467 g/mol. The van der Waals surface area contributed by atoms with Gasteiger partial charge in [0.05, 0.1) is 22.8 Å². The van der Waals surface area contributed by atoms with E-state index in [4.69, 9.17) is 4.74 Å². The molecule has 170 valence electrons. The minimum absolute atomic E-state index is 0.00752. The third-order valence-corrected chi connectivity index (χ3v) is 6.35. The molecule has 32 heavy (non-hydrogen) atoms. The summed E-state index contributed by atoms with van der Waals surface area (Å²) >= 11 is 0. The molecule has 0 unspecified atom stereocenters. The van der Waals surface area contributed by atoms with Gasteiger partial charge in [-0.05, 0) is 25.1 Å². The Morgan fingerprint density at radius 1 is 1.16 bits per heavy atom. The highest BCUT2D eigenvalue weighted by atomic mass is 32.2. The largest absolute Gasteiger partial charge is 0.494 e. The van der Waals surface area contributed by atoms with Crippen LogP contribution >= 0.6 is 0 Å². The second kappa shape index (κ2) is 8.69. The molecule has 3 rings (SSSR count). The Hall–Kier alpha value is -3.28. The summed E-state index contributed by atoms with van der Waals surface area (Å²) in [4.78, 5) is 8.08. The Kier molecular flexibility index (Phi) is 6.35. The number of pyridine rings is 2. The van der Waals surface area contributed by atoms with Crippen molar-refractivity contribution in [3.8, 4) is 23.0 Å². The van der Waals surface area contributed by atoms with Crippen LogP contribution in [0.1, 0.15) is 25.0 Å². The first-order valence-electron chi connectivity index (χ1n) is 9.47. The average Bonchev–Trinajstić information content (AvgIpc) is 3.14. The molecule has 0 amide bonds. The minimum atomic E-state index is -4.55. The molecule has 0 aromatic carbocycles. The third-order valence-electron chi connectivity index (χ3n) is 4.61. The van der Waals surface area contributed by atoms with E-state index in [2.05, 4.69) is 26.7 Å². The fraction of sp³-hybridized carbons (Fsp3) is 0.300. The number of hydrogen-bond donors (Lipinski definition) is 0. The molecular weight excluding hydrogens is 447 g/mol. The van der Waals surface area contributed by atoms with Crippen LogP contribution in [0.15, 0.2) is 42.1 Å². The lowest BCUT2D eigenvalue weighted by Gasteiger charge is -2.12. The van der Waals surface area contributed by atoms with Gasteiger partial charge in [0.15, 0.2) is 21.5 Å². The quantitative estimate of drug-likeness (QED) is 0.488. The molecule has 3 heterocycles. The van der Waals surface area contributed by atoms with Crippen LogP contribution in [0.2, 0.25) is 0 Å². The monoisotopic (exact) mass is 467 g/mol. The molecule has 8 nitrogen and oxygen atoms in total. The van der Waals surface area contributed by atoms with Crippen LogP contribution in [-0.4, -0.2) is 45.5 Å².